The van der Waals surface area contributed by atoms with E-state index in [9.17, 15) is 87.5 Å². The van der Waals surface area contributed by atoms with Gasteiger partial charge in [-0.15, -0.1) is 0 Å². The van der Waals surface area contributed by atoms with Gasteiger partial charge in [-0.3, -0.25) is 47.9 Å². The van der Waals surface area contributed by atoms with Gasteiger partial charge in [0, 0.05) is 80.2 Å². The second kappa shape index (κ2) is 39.7. The van der Waals surface area contributed by atoms with Crippen LogP contribution >= 0.6 is 0 Å². The monoisotopic (exact) mass is 1740 g/mol. The number of nitrogens with zero attached hydrogens (tertiary/aromatic N) is 8. The first-order chi connectivity index (χ1) is 60.7. The number of rotatable bonds is 20. The van der Waals surface area contributed by atoms with E-state index in [4.69, 9.17) is 0 Å². The number of fused-ring (bicyclic) bond motifs is 6. The Balaban J connectivity index is 0.000000145. The Morgan fingerprint density at radius 3 is 0.938 bits per heavy atom. The lowest BCUT2D eigenvalue weighted by atomic mass is 9.98. The van der Waals surface area contributed by atoms with Crippen molar-refractivity contribution in [1.29, 1.82) is 0 Å². The van der Waals surface area contributed by atoms with Gasteiger partial charge in [0.2, 0.25) is 0 Å². The topological polar surface area (TPSA) is 282 Å². The molecule has 10 aromatic carbocycles. The van der Waals surface area contributed by atoms with Crippen LogP contribution in [0.2, 0.25) is 0 Å². The summed E-state index contributed by atoms with van der Waals surface area (Å²) in [5.41, 5.74) is 7.17. The first kappa shape index (κ1) is 92.5. The number of allylic oxidation sites excluding steroid dienone is 1. The normalized spacial score (nSPS) is 11.7. The maximum atomic E-state index is 13.0. The van der Waals surface area contributed by atoms with Crippen molar-refractivity contribution in [3.63, 3.8) is 0 Å². The molecule has 5 aromatic heterocycles. The molecule has 29 heteroatoms. The molecule has 0 aliphatic heterocycles. The van der Waals surface area contributed by atoms with Gasteiger partial charge < -0.3 is 0 Å². The van der Waals surface area contributed by atoms with Gasteiger partial charge >= 0.3 is 18.5 Å². The SMILES string of the molecule is Cc1ccc(CC(=O)Cc2n[nH]c(=O)c3ccccc23)cc1C(F)(F)F.Cc1ccc(CC(=O)Cc2n[nH]c(=O)c3ccccc23)cc1C(F)(F)F.Cc1ccc(CC(=O)Cc2nn(C)c(=O)c3ccccc23)c(C)c1.Cc1ccc(CC(=O)Cc2nn(C)c(=O)c3ccccc23)cc1C(F)(F)F.Cn1nc(CC(=O)Cc2ccc3c(c2)C=CC3)c2ccccc2c1=O. The van der Waals surface area contributed by atoms with Crippen LogP contribution in [0.1, 0.15) is 112 Å². The summed E-state index contributed by atoms with van der Waals surface area (Å²) >= 11 is 0. The lowest BCUT2D eigenvalue weighted by Gasteiger charge is -2.12. The van der Waals surface area contributed by atoms with Crippen molar-refractivity contribution in [1.82, 2.24) is 49.7 Å². The molecule has 16 rings (SSSR count). The highest BCUT2D eigenvalue weighted by atomic mass is 19.4. The third-order valence-electron chi connectivity index (χ3n) is 21.6. The van der Waals surface area contributed by atoms with E-state index in [-0.39, 0.29) is 125 Å². The highest BCUT2D eigenvalue weighted by Gasteiger charge is 2.35. The van der Waals surface area contributed by atoms with Crippen molar-refractivity contribution in [2.24, 2.45) is 21.1 Å². The molecule has 1 aliphatic rings. The average Bonchev–Trinajstić information content (AvgIpc) is 0.936. The number of nitrogens with one attached hydrogen (secondary N) is 2. The lowest BCUT2D eigenvalue weighted by molar-refractivity contribution is -0.138. The van der Waals surface area contributed by atoms with Crippen molar-refractivity contribution < 1.29 is 63.5 Å². The van der Waals surface area contributed by atoms with Crippen molar-refractivity contribution in [2.75, 3.05) is 0 Å². The molecule has 15 aromatic rings. The van der Waals surface area contributed by atoms with Crippen molar-refractivity contribution in [3.8, 4) is 0 Å². The van der Waals surface area contributed by atoms with Crippen LogP contribution in [0, 0.1) is 34.6 Å². The van der Waals surface area contributed by atoms with Gasteiger partial charge in [-0.2, -0.15) is 65.0 Å². The second-order valence-corrected chi connectivity index (χ2v) is 31.3. The van der Waals surface area contributed by atoms with Gasteiger partial charge in [-0.1, -0.05) is 182 Å². The molecule has 5 heterocycles. The maximum Gasteiger partial charge on any atom is 0.416 e. The molecule has 654 valence electrons. The minimum atomic E-state index is -4.46. The fourth-order valence-electron chi connectivity index (χ4n) is 15.2. The van der Waals surface area contributed by atoms with E-state index in [2.05, 4.69) is 66.0 Å². The van der Waals surface area contributed by atoms with E-state index in [0.29, 0.717) is 101 Å². The zero-order valence-corrected chi connectivity index (χ0v) is 70.7. The third kappa shape index (κ3) is 22.9. The first-order valence-electron chi connectivity index (χ1n) is 40.5. The zero-order valence-electron chi connectivity index (χ0n) is 70.7. The highest BCUT2D eigenvalue weighted by Crippen LogP contribution is 2.36. The molecular formula is C99H85F9N10O10. The Morgan fingerprint density at radius 2 is 0.609 bits per heavy atom. The smallest absolute Gasteiger partial charge is 0.299 e. The molecule has 0 unspecified atom stereocenters. The van der Waals surface area contributed by atoms with Gasteiger partial charge in [0.15, 0.2) is 0 Å². The largest absolute Gasteiger partial charge is 0.416 e. The van der Waals surface area contributed by atoms with E-state index in [1.165, 1.54) is 95.0 Å². The van der Waals surface area contributed by atoms with Crippen LogP contribution in [0.4, 0.5) is 39.5 Å². The zero-order chi connectivity index (χ0) is 92.2. The molecular weight excluding hydrogens is 1660 g/mol. The predicted molar refractivity (Wildman–Crippen MR) is 471 cm³/mol. The third-order valence-corrected chi connectivity index (χ3v) is 21.6. The molecule has 0 saturated heterocycles. The van der Waals surface area contributed by atoms with E-state index in [1.807, 2.05) is 68.4 Å². The fourth-order valence-corrected chi connectivity index (χ4v) is 15.2. The number of ketones is 5. The highest BCUT2D eigenvalue weighted by molar-refractivity contribution is 5.94. The van der Waals surface area contributed by atoms with E-state index in [0.717, 1.165) is 52.1 Å². The average molecular weight is 1750 g/mol. The number of hydrogen-bond acceptors (Lipinski definition) is 15. The number of halogens is 9. The van der Waals surface area contributed by atoms with Crippen LogP contribution in [0.3, 0.4) is 0 Å². The quantitative estimate of drug-likeness (QED) is 0.0671. The molecule has 2 N–H and O–H groups in total. The Kier molecular flexibility index (Phi) is 28.7. The number of aryl methyl sites for hydroxylation is 8. The van der Waals surface area contributed by atoms with Gasteiger partial charge in [0.25, 0.3) is 27.8 Å². The number of carbonyl (C=O) groups is 5. The van der Waals surface area contributed by atoms with Crippen molar-refractivity contribution >= 4 is 88.9 Å². The summed E-state index contributed by atoms with van der Waals surface area (Å²) in [5.74, 6) is -0.655. The van der Waals surface area contributed by atoms with E-state index in [1.54, 1.807) is 99.0 Å². The van der Waals surface area contributed by atoms with Crippen LogP contribution in [0.25, 0.3) is 59.9 Å². The molecule has 1 aliphatic carbocycles. The van der Waals surface area contributed by atoms with Gasteiger partial charge in [0.05, 0.1) is 104 Å². The lowest BCUT2D eigenvalue weighted by Crippen LogP contribution is -2.22. The van der Waals surface area contributed by atoms with Crippen molar-refractivity contribution in [2.45, 2.75) is 124 Å². The fraction of sp³-hybridized carbons (Fsp3) is 0.222. The second-order valence-electron chi connectivity index (χ2n) is 31.3. The standard InChI is InChI=1S/C21H18N2O2.C20H17F3N2O2.C20H20N2O2.2C19H15F3N2O2/c1-23-21(25)19-8-3-2-7-18(19)20(22-23)13-17(24)12-14-9-10-15-5-4-6-16(15)11-14;1-12-7-8-13(10-17(12)20(21,22)23)9-14(26)11-18-15-5-3-4-6-16(15)19(27)25(2)24-18;1-13-8-9-15(14(2)10-13)11-16(23)12-19-17-6-4-5-7-18(17)20(24)22(3)21-19;2*1-11-6-7-12(9-16(11)19(20,21)22)8-13(25)10-17-14-4-2-3-5-15(14)18(26)24-23-17/h2-4,6-11H,5,12-13H2,1H3;3-8,10H,9,11H2,1-2H3;4-10H,11-12H2,1-3H3;2*2-7,9H,8,10H2,1H3,(H,24,26). The summed E-state index contributed by atoms with van der Waals surface area (Å²) in [6, 6.07) is 58.9. The molecule has 0 bridgehead atoms. The van der Waals surface area contributed by atoms with Crippen LogP contribution < -0.4 is 27.8 Å². The van der Waals surface area contributed by atoms with E-state index >= 15 is 0 Å². The number of aromatic amines is 2. The Labute approximate surface area is 725 Å². The number of carbonyl (C=O) groups excluding carboxylic acids is 5. The number of aromatic nitrogens is 10. The molecule has 20 nitrogen and oxygen atoms in total. The minimum Gasteiger partial charge on any atom is -0.299 e. The molecule has 0 atom stereocenters. The summed E-state index contributed by atoms with van der Waals surface area (Å²) in [6.07, 6.45) is -7.60. The Morgan fingerprint density at radius 1 is 0.320 bits per heavy atom. The summed E-state index contributed by atoms with van der Waals surface area (Å²) in [4.78, 5) is 122. The van der Waals surface area contributed by atoms with Gasteiger partial charge in [-0.25, -0.2) is 24.2 Å². The molecule has 128 heavy (non-hydrogen) atoms. The number of H-pyrrole nitrogens is 2. The Bertz CT molecular complexity index is 7040. The molecule has 0 saturated carbocycles. The number of benzene rings is 10. The molecule has 0 spiro atoms. The summed E-state index contributed by atoms with van der Waals surface area (Å²) in [7, 11) is 4.74. The van der Waals surface area contributed by atoms with E-state index < -0.39 is 35.2 Å². The van der Waals surface area contributed by atoms with Gasteiger partial charge in [0.1, 0.15) is 28.9 Å². The summed E-state index contributed by atoms with van der Waals surface area (Å²) in [5, 5.41) is 31.0. The van der Waals surface area contributed by atoms with Crippen LogP contribution in [0.5, 0.6) is 0 Å². The minimum absolute atomic E-state index is 0.0656. The molecule has 0 amide bonds. The van der Waals surface area contributed by atoms with Gasteiger partial charge in [-0.05, 0) is 151 Å². The molecule has 0 fully saturated rings. The summed E-state index contributed by atoms with van der Waals surface area (Å²) in [6.45, 7) is 8.21. The van der Waals surface area contributed by atoms with Crippen molar-refractivity contribution in [3.05, 3.63) is 382 Å². The number of hydrogen-bond donors (Lipinski definition) is 2. The summed E-state index contributed by atoms with van der Waals surface area (Å²) < 4.78 is 121. The molecule has 0 radical (unpaired) electrons. The van der Waals surface area contributed by atoms with Crippen LogP contribution in [-0.4, -0.2) is 78.7 Å². The van der Waals surface area contributed by atoms with Crippen LogP contribution in [0.15, 0.2) is 242 Å². The number of Topliss-reactive ketones (excluding diaryl/α,β-unsaturated/α-hetero) is 5. The first-order valence-corrected chi connectivity index (χ1v) is 40.5. The van der Waals surface area contributed by atoms with Crippen LogP contribution in [-0.2, 0) is 134 Å². The predicted octanol–water partition coefficient (Wildman–Crippen LogP) is 16.6. The number of alkyl halides is 9. The maximum absolute atomic E-state index is 13.0. The Hall–Kier alpha value is -14.6.